The standard InChI is InChI=1S/C14H18Br2N2O2/c15-11-7-10(8-12(16)14(11)20)9-17-4-3-13(19)18-5-1-2-6-18/h7-8,17,20H,1-6,9H2. The normalized spacial score (nSPS) is 14.8. The van der Waals surface area contributed by atoms with E-state index in [-0.39, 0.29) is 11.7 Å². The first-order chi connectivity index (χ1) is 9.58. The SMILES string of the molecule is O=C(CCNCc1cc(Br)c(O)c(Br)c1)N1CCCC1. The Labute approximate surface area is 135 Å². The van der Waals surface area contributed by atoms with E-state index in [0.717, 1.165) is 31.5 Å². The van der Waals surface area contributed by atoms with Gasteiger partial charge in [0.1, 0.15) is 5.75 Å². The molecule has 110 valence electrons. The van der Waals surface area contributed by atoms with E-state index in [2.05, 4.69) is 37.2 Å². The number of carbonyl (C=O) groups is 1. The van der Waals surface area contributed by atoms with Gasteiger partial charge in [0.15, 0.2) is 0 Å². The van der Waals surface area contributed by atoms with E-state index in [1.807, 2.05) is 17.0 Å². The predicted molar refractivity (Wildman–Crippen MR) is 85.6 cm³/mol. The van der Waals surface area contributed by atoms with Crippen LogP contribution in [0.15, 0.2) is 21.1 Å². The average molecular weight is 406 g/mol. The van der Waals surface area contributed by atoms with Crippen LogP contribution < -0.4 is 5.32 Å². The lowest BCUT2D eigenvalue weighted by molar-refractivity contribution is -0.130. The van der Waals surface area contributed by atoms with Gasteiger partial charge in [0, 0.05) is 32.6 Å². The molecule has 1 amide bonds. The molecule has 0 saturated carbocycles. The molecule has 1 aromatic rings. The number of halogens is 2. The molecule has 0 atom stereocenters. The van der Waals surface area contributed by atoms with Crippen LogP contribution in [0.2, 0.25) is 0 Å². The van der Waals surface area contributed by atoms with Crippen LogP contribution in [-0.2, 0) is 11.3 Å². The highest BCUT2D eigenvalue weighted by atomic mass is 79.9. The topological polar surface area (TPSA) is 52.6 Å². The number of hydrogen-bond acceptors (Lipinski definition) is 3. The maximum atomic E-state index is 11.8. The van der Waals surface area contributed by atoms with Gasteiger partial charge < -0.3 is 15.3 Å². The number of phenols is 1. The van der Waals surface area contributed by atoms with Crippen LogP contribution in [-0.4, -0.2) is 35.5 Å². The molecule has 0 aromatic heterocycles. The molecular formula is C14H18Br2N2O2. The zero-order valence-corrected chi connectivity index (χ0v) is 14.3. The first-order valence-corrected chi connectivity index (χ1v) is 8.32. The molecule has 2 N–H and O–H groups in total. The van der Waals surface area contributed by atoms with Crippen molar-refractivity contribution in [3.05, 3.63) is 26.6 Å². The van der Waals surface area contributed by atoms with E-state index in [4.69, 9.17) is 0 Å². The lowest BCUT2D eigenvalue weighted by atomic mass is 10.2. The molecule has 0 spiro atoms. The number of amides is 1. The molecule has 20 heavy (non-hydrogen) atoms. The maximum absolute atomic E-state index is 11.8. The van der Waals surface area contributed by atoms with Crippen molar-refractivity contribution in [2.45, 2.75) is 25.8 Å². The fourth-order valence-corrected chi connectivity index (χ4v) is 3.55. The first kappa shape index (κ1) is 15.8. The van der Waals surface area contributed by atoms with Crippen molar-refractivity contribution < 1.29 is 9.90 Å². The van der Waals surface area contributed by atoms with Gasteiger partial charge in [0.25, 0.3) is 0 Å². The molecule has 2 rings (SSSR count). The van der Waals surface area contributed by atoms with E-state index in [1.54, 1.807) is 0 Å². The van der Waals surface area contributed by atoms with Crippen LogP contribution in [0.3, 0.4) is 0 Å². The third-order valence-corrected chi connectivity index (χ3v) is 4.59. The van der Waals surface area contributed by atoms with Crippen LogP contribution in [0.25, 0.3) is 0 Å². The smallest absolute Gasteiger partial charge is 0.223 e. The molecule has 0 aliphatic carbocycles. The second-order valence-electron chi connectivity index (χ2n) is 4.92. The quantitative estimate of drug-likeness (QED) is 0.740. The molecule has 6 heteroatoms. The Balaban J connectivity index is 1.74. The van der Waals surface area contributed by atoms with Crippen molar-refractivity contribution in [2.24, 2.45) is 0 Å². The summed E-state index contributed by atoms with van der Waals surface area (Å²) in [5, 5.41) is 12.9. The highest BCUT2D eigenvalue weighted by molar-refractivity contribution is 9.11. The zero-order chi connectivity index (χ0) is 14.5. The number of phenolic OH excluding ortho intramolecular Hbond substituents is 1. The number of hydrogen-bond donors (Lipinski definition) is 2. The fourth-order valence-electron chi connectivity index (χ4n) is 2.27. The van der Waals surface area contributed by atoms with Gasteiger partial charge in [-0.1, -0.05) is 0 Å². The summed E-state index contributed by atoms with van der Waals surface area (Å²) >= 11 is 6.61. The van der Waals surface area contributed by atoms with Gasteiger partial charge in [-0.15, -0.1) is 0 Å². The number of benzene rings is 1. The van der Waals surface area contributed by atoms with Crippen LogP contribution in [0.5, 0.6) is 5.75 Å². The zero-order valence-electron chi connectivity index (χ0n) is 11.2. The Bertz CT molecular complexity index is 465. The molecule has 1 saturated heterocycles. The van der Waals surface area contributed by atoms with Gasteiger partial charge in [0.05, 0.1) is 8.95 Å². The first-order valence-electron chi connectivity index (χ1n) is 6.73. The van der Waals surface area contributed by atoms with Crippen molar-refractivity contribution in [1.29, 1.82) is 0 Å². The van der Waals surface area contributed by atoms with E-state index in [1.165, 1.54) is 0 Å². The summed E-state index contributed by atoms with van der Waals surface area (Å²) in [6.07, 6.45) is 2.81. The predicted octanol–water partition coefficient (Wildman–Crippen LogP) is 3.02. The highest BCUT2D eigenvalue weighted by Gasteiger charge is 2.16. The monoisotopic (exact) mass is 404 g/mol. The largest absolute Gasteiger partial charge is 0.506 e. The Morgan fingerprint density at radius 1 is 1.25 bits per heavy atom. The lowest BCUT2D eigenvalue weighted by Crippen LogP contribution is -2.30. The summed E-state index contributed by atoms with van der Waals surface area (Å²) in [5.74, 6) is 0.445. The molecule has 0 unspecified atom stereocenters. The lowest BCUT2D eigenvalue weighted by Gasteiger charge is -2.15. The van der Waals surface area contributed by atoms with Crippen molar-refractivity contribution >= 4 is 37.8 Å². The van der Waals surface area contributed by atoms with Gasteiger partial charge in [-0.25, -0.2) is 0 Å². The van der Waals surface area contributed by atoms with Crippen molar-refractivity contribution in [2.75, 3.05) is 19.6 Å². The Morgan fingerprint density at radius 2 is 1.85 bits per heavy atom. The molecule has 4 nitrogen and oxygen atoms in total. The van der Waals surface area contributed by atoms with E-state index < -0.39 is 0 Å². The van der Waals surface area contributed by atoms with Gasteiger partial charge in [-0.3, -0.25) is 4.79 Å². The Hall–Kier alpha value is -0.590. The number of nitrogens with one attached hydrogen (secondary N) is 1. The van der Waals surface area contributed by atoms with Crippen LogP contribution in [0.4, 0.5) is 0 Å². The molecule has 0 bridgehead atoms. The van der Waals surface area contributed by atoms with E-state index >= 15 is 0 Å². The summed E-state index contributed by atoms with van der Waals surface area (Å²) in [7, 11) is 0. The van der Waals surface area contributed by atoms with Crippen molar-refractivity contribution in [3.63, 3.8) is 0 Å². The molecule has 1 aromatic carbocycles. The van der Waals surface area contributed by atoms with E-state index in [9.17, 15) is 9.90 Å². The Kier molecular flexibility index (Phi) is 5.86. The third-order valence-electron chi connectivity index (χ3n) is 3.38. The molecule has 1 heterocycles. The minimum atomic E-state index is 0.206. The number of rotatable bonds is 5. The number of carbonyl (C=O) groups excluding carboxylic acids is 1. The van der Waals surface area contributed by atoms with Crippen molar-refractivity contribution in [3.8, 4) is 5.75 Å². The summed E-state index contributed by atoms with van der Waals surface area (Å²) < 4.78 is 1.33. The molecule has 1 aliphatic heterocycles. The van der Waals surface area contributed by atoms with Crippen LogP contribution in [0.1, 0.15) is 24.8 Å². The highest BCUT2D eigenvalue weighted by Crippen LogP contribution is 2.33. The molecule has 0 radical (unpaired) electrons. The molecule has 1 fully saturated rings. The van der Waals surface area contributed by atoms with Gasteiger partial charge >= 0.3 is 0 Å². The Morgan fingerprint density at radius 3 is 2.45 bits per heavy atom. The van der Waals surface area contributed by atoms with Crippen molar-refractivity contribution in [1.82, 2.24) is 10.2 Å². The molecule has 1 aliphatic rings. The maximum Gasteiger partial charge on any atom is 0.223 e. The third kappa shape index (κ3) is 4.20. The number of nitrogens with zero attached hydrogens (tertiary/aromatic N) is 1. The molecular weight excluding hydrogens is 388 g/mol. The van der Waals surface area contributed by atoms with Gasteiger partial charge in [-0.05, 0) is 62.4 Å². The second-order valence-corrected chi connectivity index (χ2v) is 6.63. The van der Waals surface area contributed by atoms with Gasteiger partial charge in [0.2, 0.25) is 5.91 Å². The summed E-state index contributed by atoms with van der Waals surface area (Å²) in [6.45, 7) is 3.17. The summed E-state index contributed by atoms with van der Waals surface area (Å²) in [4.78, 5) is 13.8. The minimum Gasteiger partial charge on any atom is -0.506 e. The number of aromatic hydroxyl groups is 1. The number of likely N-dealkylation sites (tertiary alicyclic amines) is 1. The van der Waals surface area contributed by atoms with Gasteiger partial charge in [-0.2, -0.15) is 0 Å². The summed E-state index contributed by atoms with van der Waals surface area (Å²) in [5.41, 5.74) is 1.05. The summed E-state index contributed by atoms with van der Waals surface area (Å²) in [6, 6.07) is 3.74. The minimum absolute atomic E-state index is 0.206. The second kappa shape index (κ2) is 7.43. The van der Waals surface area contributed by atoms with E-state index in [0.29, 0.717) is 28.5 Å². The van der Waals surface area contributed by atoms with Crippen LogP contribution in [0, 0.1) is 0 Å². The van der Waals surface area contributed by atoms with Crippen LogP contribution >= 0.6 is 31.9 Å². The fraction of sp³-hybridized carbons (Fsp3) is 0.500. The average Bonchev–Trinajstić information content (AvgIpc) is 2.94.